The summed E-state index contributed by atoms with van der Waals surface area (Å²) in [5.41, 5.74) is 0. The van der Waals surface area contributed by atoms with Crippen LogP contribution < -0.4 is 34.3 Å². The number of ether oxygens (including phenoxy) is 1. The maximum atomic E-state index is 12.9. The van der Waals surface area contributed by atoms with Gasteiger partial charge in [-0.1, -0.05) is 0 Å². The van der Waals surface area contributed by atoms with Crippen molar-refractivity contribution in [3.63, 3.8) is 0 Å². The van der Waals surface area contributed by atoms with Crippen LogP contribution in [0.5, 0.6) is 5.75 Å². The molecule has 3 nitrogen and oxygen atoms in total. The molecule has 0 spiro atoms. The average Bonchev–Trinajstić information content (AvgIpc) is 2.08. The van der Waals surface area contributed by atoms with Crippen molar-refractivity contribution in [1.82, 2.24) is 0 Å². The molecule has 0 fully saturated rings. The first kappa shape index (κ1) is 14.5. The molecule has 0 amide bonds. The Kier molecular flexibility index (Phi) is 6.43. The molecule has 1 rings (SSSR count). The Balaban J connectivity index is 0.00000169. The molecule has 0 saturated carbocycles. The molecule has 0 radical (unpaired) electrons. The summed E-state index contributed by atoms with van der Waals surface area (Å²) in [6, 6.07) is 2.16. The van der Waals surface area contributed by atoms with Gasteiger partial charge in [-0.3, -0.25) is 4.21 Å². The molecular formula is C7H5BrFNaO3S. The van der Waals surface area contributed by atoms with E-state index in [0.29, 0.717) is 0 Å². The molecule has 0 aliphatic carbocycles. The third-order valence-electron chi connectivity index (χ3n) is 1.39. The van der Waals surface area contributed by atoms with E-state index in [2.05, 4.69) is 15.9 Å². The third-order valence-corrected chi connectivity index (χ3v) is 2.67. The Bertz CT molecular complexity index is 361. The van der Waals surface area contributed by atoms with Gasteiger partial charge in [-0.05, 0) is 39.1 Å². The van der Waals surface area contributed by atoms with E-state index in [1.165, 1.54) is 13.2 Å². The summed E-state index contributed by atoms with van der Waals surface area (Å²) in [5.74, 6) is -0.526. The normalized spacial score (nSPS) is 11.7. The van der Waals surface area contributed by atoms with Crippen LogP contribution in [0.4, 0.5) is 4.39 Å². The van der Waals surface area contributed by atoms with Crippen molar-refractivity contribution in [3.05, 3.63) is 22.4 Å². The molecule has 1 aromatic carbocycles. The zero-order valence-corrected chi connectivity index (χ0v) is 11.9. The molecule has 1 atom stereocenters. The van der Waals surface area contributed by atoms with Crippen molar-refractivity contribution >= 4 is 27.0 Å². The average molecular weight is 291 g/mol. The van der Waals surface area contributed by atoms with Crippen molar-refractivity contribution < 1.29 is 47.4 Å². The minimum atomic E-state index is -2.49. The summed E-state index contributed by atoms with van der Waals surface area (Å²) in [5, 5.41) is 0. The maximum Gasteiger partial charge on any atom is 1.00 e. The SMILES string of the molecule is COc1cc(Br)c(F)cc1S(=O)[O-].[Na+]. The van der Waals surface area contributed by atoms with Gasteiger partial charge in [0, 0.05) is 0 Å². The van der Waals surface area contributed by atoms with Gasteiger partial charge in [-0.15, -0.1) is 0 Å². The minimum absolute atomic E-state index is 0. The molecule has 1 aromatic rings. The van der Waals surface area contributed by atoms with Crippen LogP contribution in [0.25, 0.3) is 0 Å². The first-order valence-corrected chi connectivity index (χ1v) is 5.05. The van der Waals surface area contributed by atoms with Crippen LogP contribution in [0.3, 0.4) is 0 Å². The van der Waals surface area contributed by atoms with Gasteiger partial charge in [0.25, 0.3) is 0 Å². The topological polar surface area (TPSA) is 49.4 Å². The van der Waals surface area contributed by atoms with Crippen molar-refractivity contribution in [2.24, 2.45) is 0 Å². The van der Waals surface area contributed by atoms with Crippen molar-refractivity contribution in [3.8, 4) is 5.75 Å². The number of hydrogen-bond donors (Lipinski definition) is 0. The standard InChI is InChI=1S/C7H6BrFO3S.Na/c1-12-6-2-4(8)5(9)3-7(6)13(10)11;/h2-3H,1H3,(H,10,11);/q;+1/p-1. The van der Waals surface area contributed by atoms with Crippen LogP contribution in [0.2, 0.25) is 0 Å². The number of methoxy groups -OCH3 is 1. The van der Waals surface area contributed by atoms with Crippen LogP contribution >= 0.6 is 15.9 Å². The van der Waals surface area contributed by atoms with E-state index in [4.69, 9.17) is 4.74 Å². The summed E-state index contributed by atoms with van der Waals surface area (Å²) in [4.78, 5) is -0.191. The van der Waals surface area contributed by atoms with E-state index in [9.17, 15) is 13.2 Å². The molecule has 0 aromatic heterocycles. The van der Waals surface area contributed by atoms with Crippen molar-refractivity contribution in [2.45, 2.75) is 4.90 Å². The van der Waals surface area contributed by atoms with Gasteiger partial charge in [0.05, 0.1) is 16.5 Å². The second kappa shape index (κ2) is 6.19. The Morgan fingerprint density at radius 3 is 2.57 bits per heavy atom. The van der Waals surface area contributed by atoms with Gasteiger partial charge in [-0.25, -0.2) is 4.39 Å². The monoisotopic (exact) mass is 290 g/mol. The van der Waals surface area contributed by atoms with Crippen LogP contribution in [0, 0.1) is 5.82 Å². The molecule has 0 N–H and O–H groups in total. The van der Waals surface area contributed by atoms with E-state index in [-0.39, 0.29) is 44.7 Å². The van der Waals surface area contributed by atoms with Gasteiger partial charge in [0.15, 0.2) is 0 Å². The molecule has 0 aliphatic heterocycles. The Hall–Kier alpha value is 0.540. The quantitative estimate of drug-likeness (QED) is 0.510. The van der Waals surface area contributed by atoms with Gasteiger partial charge in [0.2, 0.25) is 0 Å². The number of benzene rings is 1. The molecular weight excluding hydrogens is 286 g/mol. The smallest absolute Gasteiger partial charge is 0.768 e. The van der Waals surface area contributed by atoms with Crippen molar-refractivity contribution in [2.75, 3.05) is 7.11 Å². The predicted molar refractivity (Wildman–Crippen MR) is 47.8 cm³/mol. The summed E-state index contributed by atoms with van der Waals surface area (Å²) < 4.78 is 39.0. The molecule has 0 heterocycles. The maximum absolute atomic E-state index is 12.9. The van der Waals surface area contributed by atoms with E-state index < -0.39 is 16.9 Å². The largest absolute Gasteiger partial charge is 1.00 e. The van der Waals surface area contributed by atoms with E-state index in [0.717, 1.165) is 6.07 Å². The van der Waals surface area contributed by atoms with Gasteiger partial charge in [-0.2, -0.15) is 0 Å². The van der Waals surface area contributed by atoms with Crippen LogP contribution in [0.1, 0.15) is 0 Å². The summed E-state index contributed by atoms with van der Waals surface area (Å²) in [6.07, 6.45) is 0. The second-order valence-corrected chi connectivity index (χ2v) is 3.92. The summed E-state index contributed by atoms with van der Waals surface area (Å²) in [6.45, 7) is 0. The van der Waals surface area contributed by atoms with Crippen molar-refractivity contribution in [1.29, 1.82) is 0 Å². The predicted octanol–water partition coefficient (Wildman–Crippen LogP) is -1.16. The fourth-order valence-electron chi connectivity index (χ4n) is 0.800. The first-order valence-electron chi connectivity index (χ1n) is 3.18. The Morgan fingerprint density at radius 1 is 1.57 bits per heavy atom. The fraction of sp³-hybridized carbons (Fsp3) is 0.143. The molecule has 1 unspecified atom stereocenters. The van der Waals surface area contributed by atoms with Gasteiger partial charge >= 0.3 is 29.6 Å². The summed E-state index contributed by atoms with van der Waals surface area (Å²) >= 11 is 0.419. The van der Waals surface area contributed by atoms with E-state index in [1.807, 2.05) is 0 Å². The number of hydrogen-bond acceptors (Lipinski definition) is 3. The van der Waals surface area contributed by atoms with Gasteiger partial charge < -0.3 is 9.29 Å². The second-order valence-electron chi connectivity index (χ2n) is 2.15. The van der Waals surface area contributed by atoms with E-state index in [1.54, 1.807) is 0 Å². The molecule has 7 heteroatoms. The number of rotatable bonds is 2. The molecule has 72 valence electrons. The summed E-state index contributed by atoms with van der Waals surface area (Å²) in [7, 11) is 1.32. The van der Waals surface area contributed by atoms with E-state index >= 15 is 0 Å². The zero-order chi connectivity index (χ0) is 10.0. The third kappa shape index (κ3) is 3.29. The molecule has 0 bridgehead atoms. The zero-order valence-electron chi connectivity index (χ0n) is 7.54. The molecule has 14 heavy (non-hydrogen) atoms. The Labute approximate surface area is 114 Å². The van der Waals surface area contributed by atoms with Crippen LogP contribution in [-0.2, 0) is 11.1 Å². The Morgan fingerprint density at radius 2 is 2.14 bits per heavy atom. The minimum Gasteiger partial charge on any atom is -0.768 e. The van der Waals surface area contributed by atoms with Crippen LogP contribution in [-0.4, -0.2) is 15.9 Å². The fourth-order valence-corrected chi connectivity index (χ4v) is 1.63. The number of halogens is 2. The van der Waals surface area contributed by atoms with Crippen LogP contribution in [0.15, 0.2) is 21.5 Å². The molecule has 0 saturated heterocycles. The first-order chi connectivity index (χ1) is 6.06. The molecule has 0 aliphatic rings. The van der Waals surface area contributed by atoms with Gasteiger partial charge in [0.1, 0.15) is 11.6 Å².